The molecule has 3 nitrogen and oxygen atoms in total. The number of hydroxylamine groups is 1. The Balaban J connectivity index is 2.83. The van der Waals surface area contributed by atoms with Crippen LogP contribution in [0.25, 0.3) is 0 Å². The zero-order valence-electron chi connectivity index (χ0n) is 3.52. The van der Waals surface area contributed by atoms with Gasteiger partial charge in [-0.1, -0.05) is 0 Å². The van der Waals surface area contributed by atoms with Crippen molar-refractivity contribution in [1.29, 1.82) is 0 Å². The third kappa shape index (κ3) is 3.43. The topological polar surface area (TPSA) is 38.3 Å². The Hall–Kier alpha value is -0.570. The lowest BCUT2D eigenvalue weighted by Crippen LogP contribution is -2.16. The number of carbonyl (C=O) groups excluding carboxylic acids is 1. The number of carbonyl (C=O) groups is 1. The molecule has 3 heteroatoms. The van der Waals surface area contributed by atoms with Crippen LogP contribution in [-0.4, -0.2) is 5.91 Å². The summed E-state index contributed by atoms with van der Waals surface area (Å²) in [5.74, 6) is -0.245. The van der Waals surface area contributed by atoms with Crippen molar-refractivity contribution in [2.45, 2.75) is 6.92 Å². The summed E-state index contributed by atoms with van der Waals surface area (Å²) >= 11 is 0. The van der Waals surface area contributed by atoms with Crippen LogP contribution in [0.4, 0.5) is 0 Å². The minimum Gasteiger partial charge on any atom is -0.273 e. The van der Waals surface area contributed by atoms with Gasteiger partial charge >= 0.3 is 0 Å². The van der Waals surface area contributed by atoms with Crippen molar-refractivity contribution in [3.05, 3.63) is 7.11 Å². The van der Waals surface area contributed by atoms with Crippen molar-refractivity contribution in [2.75, 3.05) is 0 Å². The summed E-state index contributed by atoms with van der Waals surface area (Å²) in [4.78, 5) is 13.7. The molecule has 0 fully saturated rings. The van der Waals surface area contributed by atoms with Crippen LogP contribution in [0.15, 0.2) is 0 Å². The summed E-state index contributed by atoms with van der Waals surface area (Å²) in [6, 6.07) is 0. The molecule has 0 unspecified atom stereocenters. The van der Waals surface area contributed by atoms with Crippen LogP contribution in [0.5, 0.6) is 0 Å². The van der Waals surface area contributed by atoms with E-state index in [1.54, 1.807) is 0 Å². The SMILES string of the molecule is [CH2]ONC(C)=O. The molecule has 1 radical (unpaired) electrons. The molecule has 0 atom stereocenters. The molecule has 0 bridgehead atoms. The van der Waals surface area contributed by atoms with Crippen LogP contribution < -0.4 is 5.48 Å². The largest absolute Gasteiger partial charge is 0.273 e. The second-order valence-corrected chi connectivity index (χ2v) is 0.803. The first-order valence-corrected chi connectivity index (χ1v) is 1.45. The predicted octanol–water partition coefficient (Wildman–Crippen LogP) is -0.154. The highest BCUT2D eigenvalue weighted by Gasteiger charge is 1.79. The third-order valence-corrected chi connectivity index (χ3v) is 0.216. The van der Waals surface area contributed by atoms with Crippen molar-refractivity contribution < 1.29 is 9.63 Å². The number of rotatable bonds is 1. The van der Waals surface area contributed by atoms with Crippen molar-refractivity contribution in [2.24, 2.45) is 0 Å². The Morgan fingerprint density at radius 1 is 2.00 bits per heavy atom. The van der Waals surface area contributed by atoms with Gasteiger partial charge in [0.15, 0.2) is 0 Å². The van der Waals surface area contributed by atoms with Gasteiger partial charge in [0.05, 0.1) is 0 Å². The van der Waals surface area contributed by atoms with Crippen LogP contribution in [0, 0.1) is 7.11 Å². The molecule has 0 rings (SSSR count). The minimum atomic E-state index is -0.245. The summed E-state index contributed by atoms with van der Waals surface area (Å²) in [5, 5.41) is 0. The number of amides is 1. The molecule has 0 aromatic heterocycles. The van der Waals surface area contributed by atoms with Crippen molar-refractivity contribution >= 4 is 5.91 Å². The second kappa shape index (κ2) is 2.66. The fourth-order valence-electron chi connectivity index (χ4n) is 0.102. The first-order valence-electron chi connectivity index (χ1n) is 1.45. The molecule has 0 aliphatic rings. The molecule has 1 N–H and O–H groups in total. The summed E-state index contributed by atoms with van der Waals surface area (Å²) in [5.41, 5.74) is 1.96. The van der Waals surface area contributed by atoms with Crippen LogP contribution in [0.1, 0.15) is 6.92 Å². The minimum absolute atomic E-state index is 0.245. The average Bonchev–Trinajstić information content (AvgIpc) is 1.35. The van der Waals surface area contributed by atoms with Crippen LogP contribution in [0.2, 0.25) is 0 Å². The first-order chi connectivity index (χ1) is 2.77. The van der Waals surface area contributed by atoms with Crippen molar-refractivity contribution in [3.8, 4) is 0 Å². The summed E-state index contributed by atoms with van der Waals surface area (Å²) in [6.45, 7) is 1.34. The quantitative estimate of drug-likeness (QED) is 0.452. The molecule has 0 spiro atoms. The highest BCUT2D eigenvalue weighted by molar-refractivity contribution is 5.71. The Bertz CT molecular complexity index is 52.8. The summed E-state index contributed by atoms with van der Waals surface area (Å²) in [7, 11) is 2.89. The molecule has 6 heavy (non-hydrogen) atoms. The van der Waals surface area contributed by atoms with Gasteiger partial charge in [-0.3, -0.25) is 9.63 Å². The van der Waals surface area contributed by atoms with Gasteiger partial charge in [-0.2, -0.15) is 0 Å². The lowest BCUT2D eigenvalue weighted by molar-refractivity contribution is -0.127. The smallest absolute Gasteiger partial charge is 0.240 e. The number of hydrogen-bond donors (Lipinski definition) is 1. The van der Waals surface area contributed by atoms with Gasteiger partial charge in [0, 0.05) is 6.92 Å². The molecule has 0 aromatic rings. The monoisotopic (exact) mass is 88.0 g/mol. The molecule has 0 saturated heterocycles. The fraction of sp³-hybridized carbons (Fsp3) is 0.333. The van der Waals surface area contributed by atoms with E-state index in [4.69, 9.17) is 0 Å². The van der Waals surface area contributed by atoms with Gasteiger partial charge in [-0.05, 0) is 0 Å². The van der Waals surface area contributed by atoms with Crippen LogP contribution >= 0.6 is 0 Å². The van der Waals surface area contributed by atoms with Crippen LogP contribution in [0.3, 0.4) is 0 Å². The first kappa shape index (κ1) is 5.43. The molecule has 0 aromatic carbocycles. The molecule has 1 amide bonds. The molecule has 0 aliphatic heterocycles. The van der Waals surface area contributed by atoms with Gasteiger partial charge < -0.3 is 0 Å². The van der Waals surface area contributed by atoms with E-state index in [2.05, 4.69) is 11.9 Å². The Labute approximate surface area is 36.2 Å². The summed E-state index contributed by atoms with van der Waals surface area (Å²) < 4.78 is 0. The van der Waals surface area contributed by atoms with E-state index < -0.39 is 0 Å². The van der Waals surface area contributed by atoms with E-state index in [9.17, 15) is 4.79 Å². The van der Waals surface area contributed by atoms with Gasteiger partial charge in [-0.15, -0.1) is 0 Å². The highest BCUT2D eigenvalue weighted by Crippen LogP contribution is 1.56. The van der Waals surface area contributed by atoms with E-state index in [-0.39, 0.29) is 5.91 Å². The average molecular weight is 88.1 g/mol. The standard InChI is InChI=1S/C3H6NO2/c1-3(5)4-6-2/h2H2,1H3,(H,4,5). The van der Waals surface area contributed by atoms with Gasteiger partial charge in [-0.25, -0.2) is 5.48 Å². The van der Waals surface area contributed by atoms with Crippen LogP contribution in [-0.2, 0) is 9.63 Å². The molecular weight excluding hydrogens is 82.0 g/mol. The van der Waals surface area contributed by atoms with E-state index in [1.807, 2.05) is 5.48 Å². The lowest BCUT2D eigenvalue weighted by Gasteiger charge is -1.89. The van der Waals surface area contributed by atoms with Crippen molar-refractivity contribution in [1.82, 2.24) is 5.48 Å². The summed E-state index contributed by atoms with van der Waals surface area (Å²) in [6.07, 6.45) is 0. The van der Waals surface area contributed by atoms with E-state index in [1.165, 1.54) is 6.92 Å². The highest BCUT2D eigenvalue weighted by atomic mass is 16.6. The zero-order valence-corrected chi connectivity index (χ0v) is 3.52. The fourth-order valence-corrected chi connectivity index (χ4v) is 0.102. The number of nitrogens with one attached hydrogen (secondary N) is 1. The molecule has 0 saturated carbocycles. The predicted molar refractivity (Wildman–Crippen MR) is 20.3 cm³/mol. The van der Waals surface area contributed by atoms with Crippen molar-refractivity contribution in [3.63, 3.8) is 0 Å². The van der Waals surface area contributed by atoms with E-state index in [0.717, 1.165) is 0 Å². The number of hydrogen-bond acceptors (Lipinski definition) is 2. The maximum atomic E-state index is 9.77. The Kier molecular flexibility index (Phi) is 2.40. The Morgan fingerprint density at radius 2 is 2.50 bits per heavy atom. The van der Waals surface area contributed by atoms with Gasteiger partial charge in [0.1, 0.15) is 7.11 Å². The molecular formula is C3H6NO2. The van der Waals surface area contributed by atoms with E-state index >= 15 is 0 Å². The molecule has 0 aliphatic carbocycles. The maximum absolute atomic E-state index is 9.77. The third-order valence-electron chi connectivity index (χ3n) is 0.216. The lowest BCUT2D eigenvalue weighted by atomic mass is 10.8. The second-order valence-electron chi connectivity index (χ2n) is 0.803. The normalized spacial score (nSPS) is 7.67. The maximum Gasteiger partial charge on any atom is 0.240 e. The van der Waals surface area contributed by atoms with E-state index in [0.29, 0.717) is 0 Å². The molecule has 0 heterocycles. The molecule has 35 valence electrons. The van der Waals surface area contributed by atoms with Gasteiger partial charge in [0.25, 0.3) is 0 Å². The Morgan fingerprint density at radius 3 is 2.50 bits per heavy atom. The van der Waals surface area contributed by atoms with Gasteiger partial charge in [0.2, 0.25) is 5.91 Å². The zero-order chi connectivity index (χ0) is 4.99.